The zero-order valence-electron chi connectivity index (χ0n) is 7.43. The van der Waals surface area contributed by atoms with Crippen molar-refractivity contribution in [3.63, 3.8) is 0 Å². The molecule has 80 valence electrons. The second-order valence-electron chi connectivity index (χ2n) is 3.39. The summed E-state index contributed by atoms with van der Waals surface area (Å²) in [4.78, 5) is 13.5. The fourth-order valence-electron chi connectivity index (χ4n) is 1.50. The molecule has 0 unspecified atom stereocenters. The maximum atomic E-state index is 12.5. The highest BCUT2D eigenvalue weighted by molar-refractivity contribution is 5.42. The molecule has 0 aromatic carbocycles. The van der Waals surface area contributed by atoms with Crippen molar-refractivity contribution < 1.29 is 18.0 Å². The minimum atomic E-state index is -4.50. The standard InChI is InChI=1S/C8H6F3N3O/c9-8(10,11)6-5(3-13-14-6)7(1-2-7)12-4-15/h3H,1-2H2,(H,13,14). The normalized spacial score (nSPS) is 18.3. The molecule has 0 bridgehead atoms. The van der Waals surface area contributed by atoms with E-state index < -0.39 is 17.4 Å². The molecule has 0 aliphatic heterocycles. The van der Waals surface area contributed by atoms with Crippen molar-refractivity contribution in [3.8, 4) is 0 Å². The Morgan fingerprint density at radius 2 is 2.20 bits per heavy atom. The average Bonchev–Trinajstić information content (AvgIpc) is 2.75. The van der Waals surface area contributed by atoms with Crippen LogP contribution in [0.5, 0.6) is 0 Å². The van der Waals surface area contributed by atoms with Gasteiger partial charge in [-0.15, -0.1) is 0 Å². The van der Waals surface area contributed by atoms with E-state index >= 15 is 0 Å². The number of aromatic nitrogens is 2. The minimum Gasteiger partial charge on any atom is -0.273 e. The maximum absolute atomic E-state index is 12.5. The number of alkyl halides is 3. The summed E-state index contributed by atoms with van der Waals surface area (Å²) in [7, 11) is 0. The summed E-state index contributed by atoms with van der Waals surface area (Å²) in [5, 5.41) is 5.23. The van der Waals surface area contributed by atoms with E-state index in [1.54, 1.807) is 0 Å². The number of aliphatic imine (C=N–C) groups is 1. The van der Waals surface area contributed by atoms with Gasteiger partial charge in [0, 0.05) is 5.56 Å². The number of nitrogens with zero attached hydrogens (tertiary/aromatic N) is 2. The SMILES string of the molecule is O=C=NC1(c2cn[nH]c2C(F)(F)F)CC1. The number of nitrogens with one attached hydrogen (secondary N) is 1. The molecule has 1 fully saturated rings. The van der Waals surface area contributed by atoms with Crippen LogP contribution in [0.3, 0.4) is 0 Å². The molecule has 0 atom stereocenters. The maximum Gasteiger partial charge on any atom is 0.433 e. The second-order valence-corrected chi connectivity index (χ2v) is 3.39. The number of isocyanates is 1. The van der Waals surface area contributed by atoms with Gasteiger partial charge >= 0.3 is 6.18 Å². The first kappa shape index (κ1) is 9.92. The van der Waals surface area contributed by atoms with Crippen LogP contribution < -0.4 is 0 Å². The van der Waals surface area contributed by atoms with Crippen LogP contribution in [-0.4, -0.2) is 16.3 Å². The number of hydrogen-bond donors (Lipinski definition) is 1. The van der Waals surface area contributed by atoms with E-state index in [4.69, 9.17) is 0 Å². The lowest BCUT2D eigenvalue weighted by molar-refractivity contribution is -0.142. The highest BCUT2D eigenvalue weighted by Crippen LogP contribution is 2.52. The molecule has 1 aliphatic carbocycles. The van der Waals surface area contributed by atoms with Crippen LogP contribution in [0.25, 0.3) is 0 Å². The van der Waals surface area contributed by atoms with Gasteiger partial charge in [0.05, 0.1) is 6.20 Å². The van der Waals surface area contributed by atoms with Gasteiger partial charge in [0.15, 0.2) is 0 Å². The monoisotopic (exact) mass is 217 g/mol. The summed E-state index contributed by atoms with van der Waals surface area (Å²) in [5.41, 5.74) is -2.04. The van der Waals surface area contributed by atoms with Gasteiger partial charge in [-0.25, -0.2) is 4.79 Å². The molecule has 7 heteroatoms. The Morgan fingerprint density at radius 1 is 1.53 bits per heavy atom. The molecule has 0 saturated heterocycles. The zero-order chi connectivity index (χ0) is 11.1. The lowest BCUT2D eigenvalue weighted by Gasteiger charge is -2.10. The van der Waals surface area contributed by atoms with Gasteiger partial charge in [0.2, 0.25) is 6.08 Å². The van der Waals surface area contributed by atoms with E-state index in [1.807, 2.05) is 5.10 Å². The first-order valence-corrected chi connectivity index (χ1v) is 4.20. The number of aromatic amines is 1. The molecule has 1 heterocycles. The van der Waals surface area contributed by atoms with E-state index in [-0.39, 0.29) is 5.56 Å². The zero-order valence-corrected chi connectivity index (χ0v) is 7.43. The summed E-state index contributed by atoms with van der Waals surface area (Å²) in [6.45, 7) is 0. The molecule has 4 nitrogen and oxygen atoms in total. The van der Waals surface area contributed by atoms with Gasteiger partial charge in [0.1, 0.15) is 11.2 Å². The Balaban J connectivity index is 2.46. The Kier molecular flexibility index (Phi) is 1.94. The molecule has 0 radical (unpaired) electrons. The molecular formula is C8H6F3N3O. The number of hydrogen-bond acceptors (Lipinski definition) is 3. The van der Waals surface area contributed by atoms with Gasteiger partial charge in [-0.05, 0) is 12.8 Å². The van der Waals surface area contributed by atoms with E-state index in [0.717, 1.165) is 6.20 Å². The molecule has 15 heavy (non-hydrogen) atoms. The van der Waals surface area contributed by atoms with E-state index in [0.29, 0.717) is 12.8 Å². The van der Waals surface area contributed by atoms with Gasteiger partial charge in [-0.3, -0.25) is 5.10 Å². The van der Waals surface area contributed by atoms with Crippen molar-refractivity contribution in [1.29, 1.82) is 0 Å². The van der Waals surface area contributed by atoms with E-state index in [1.165, 1.54) is 6.08 Å². The van der Waals surface area contributed by atoms with E-state index in [9.17, 15) is 18.0 Å². The second kappa shape index (κ2) is 2.93. The molecule has 1 aromatic heterocycles. The third-order valence-corrected chi connectivity index (χ3v) is 2.41. The highest BCUT2D eigenvalue weighted by Gasteiger charge is 2.51. The third kappa shape index (κ3) is 1.55. The summed E-state index contributed by atoms with van der Waals surface area (Å²) >= 11 is 0. The van der Waals surface area contributed by atoms with Crippen molar-refractivity contribution in [1.82, 2.24) is 10.2 Å². The number of H-pyrrole nitrogens is 1. The highest BCUT2D eigenvalue weighted by atomic mass is 19.4. The molecule has 2 rings (SSSR count). The molecule has 1 aromatic rings. The quantitative estimate of drug-likeness (QED) is 0.606. The molecule has 1 aliphatic rings. The lowest BCUT2D eigenvalue weighted by atomic mass is 10.1. The summed E-state index contributed by atoms with van der Waals surface area (Å²) < 4.78 is 37.4. The van der Waals surface area contributed by atoms with Gasteiger partial charge < -0.3 is 0 Å². The third-order valence-electron chi connectivity index (χ3n) is 2.41. The first-order chi connectivity index (χ1) is 6.99. The van der Waals surface area contributed by atoms with E-state index in [2.05, 4.69) is 10.1 Å². The van der Waals surface area contributed by atoms with Crippen LogP contribution in [0, 0.1) is 0 Å². The van der Waals surface area contributed by atoms with Gasteiger partial charge in [-0.1, -0.05) is 0 Å². The molecule has 0 spiro atoms. The topological polar surface area (TPSA) is 58.1 Å². The number of carbonyl (C=O) groups excluding carboxylic acids is 1. The van der Waals surface area contributed by atoms with Gasteiger partial charge in [0.25, 0.3) is 0 Å². The summed E-state index contributed by atoms with van der Waals surface area (Å²) in [6, 6.07) is 0. The fourth-order valence-corrected chi connectivity index (χ4v) is 1.50. The predicted octanol–water partition coefficient (Wildman–Crippen LogP) is 1.75. The Labute approximate surface area is 82.2 Å². The van der Waals surface area contributed by atoms with Crippen LogP contribution in [-0.2, 0) is 16.5 Å². The summed E-state index contributed by atoms with van der Waals surface area (Å²) in [6.07, 6.45) is -1.29. The molecule has 1 N–H and O–H groups in total. The summed E-state index contributed by atoms with van der Waals surface area (Å²) in [5.74, 6) is 0. The number of halogens is 3. The molecule has 0 amide bonds. The predicted molar refractivity (Wildman–Crippen MR) is 42.6 cm³/mol. The van der Waals surface area contributed by atoms with Crippen LogP contribution in [0.2, 0.25) is 0 Å². The Hall–Kier alpha value is -1.62. The first-order valence-electron chi connectivity index (χ1n) is 4.20. The van der Waals surface area contributed by atoms with Crippen molar-refractivity contribution in [3.05, 3.63) is 17.5 Å². The largest absolute Gasteiger partial charge is 0.433 e. The lowest BCUT2D eigenvalue weighted by Crippen LogP contribution is -2.13. The van der Waals surface area contributed by atoms with Crippen LogP contribution >= 0.6 is 0 Å². The van der Waals surface area contributed by atoms with Crippen LogP contribution in [0.4, 0.5) is 13.2 Å². The molecule has 1 saturated carbocycles. The number of rotatable bonds is 2. The smallest absolute Gasteiger partial charge is 0.273 e. The van der Waals surface area contributed by atoms with Crippen molar-refractivity contribution in [2.75, 3.05) is 0 Å². The van der Waals surface area contributed by atoms with Crippen LogP contribution in [0.1, 0.15) is 24.1 Å². The average molecular weight is 217 g/mol. The molecular weight excluding hydrogens is 211 g/mol. The fraction of sp³-hybridized carbons (Fsp3) is 0.500. The minimum absolute atomic E-state index is 0.0710. The Bertz CT molecular complexity index is 427. The van der Waals surface area contributed by atoms with Gasteiger partial charge in [-0.2, -0.15) is 23.3 Å². The van der Waals surface area contributed by atoms with Crippen molar-refractivity contribution >= 4 is 6.08 Å². The van der Waals surface area contributed by atoms with Crippen LogP contribution in [0.15, 0.2) is 11.2 Å². The van der Waals surface area contributed by atoms with Crippen molar-refractivity contribution in [2.24, 2.45) is 4.99 Å². The van der Waals surface area contributed by atoms with Crippen molar-refractivity contribution in [2.45, 2.75) is 24.6 Å². The Morgan fingerprint density at radius 3 is 2.67 bits per heavy atom.